The number of nitrogens with one attached hydrogen (secondary N) is 1. The summed E-state index contributed by atoms with van der Waals surface area (Å²) >= 11 is 0. The van der Waals surface area contributed by atoms with E-state index in [4.69, 9.17) is 0 Å². The summed E-state index contributed by atoms with van der Waals surface area (Å²) in [6.07, 6.45) is 0. The number of carbonyl (C=O) groups excluding carboxylic acids is 1. The monoisotopic (exact) mass is 229 g/mol. The maximum Gasteiger partial charge on any atom is 0.195 e. The topological polar surface area (TPSA) is 29.1 Å². The molecule has 0 spiro atoms. The number of hydrogen-bond donors (Lipinski definition) is 1. The van der Waals surface area contributed by atoms with E-state index in [2.05, 4.69) is 5.32 Å². The number of ketones is 1. The zero-order valence-corrected chi connectivity index (χ0v) is 9.41. The van der Waals surface area contributed by atoms with Gasteiger partial charge < -0.3 is 5.32 Å². The molecule has 0 atom stereocenters. The summed E-state index contributed by atoms with van der Waals surface area (Å²) in [6.45, 7) is 0. The average Bonchev–Trinajstić information content (AvgIpc) is 2.39. The first-order valence-corrected chi connectivity index (χ1v) is 5.29. The SMILES string of the molecule is CNc1ccc(C(=O)c2ccccc2F)cc1. The lowest BCUT2D eigenvalue weighted by Crippen LogP contribution is -2.04. The van der Waals surface area contributed by atoms with Crippen LogP contribution in [0.4, 0.5) is 10.1 Å². The number of carbonyl (C=O) groups is 1. The highest BCUT2D eigenvalue weighted by Crippen LogP contribution is 2.15. The van der Waals surface area contributed by atoms with Crippen molar-refractivity contribution in [3.05, 3.63) is 65.5 Å². The Morgan fingerprint density at radius 2 is 1.71 bits per heavy atom. The molecule has 2 nitrogen and oxygen atoms in total. The molecule has 0 bridgehead atoms. The van der Waals surface area contributed by atoms with Gasteiger partial charge in [-0.3, -0.25) is 4.79 Å². The first kappa shape index (κ1) is 11.3. The molecular weight excluding hydrogens is 217 g/mol. The number of hydrogen-bond acceptors (Lipinski definition) is 2. The Kier molecular flexibility index (Phi) is 3.19. The maximum atomic E-state index is 13.4. The van der Waals surface area contributed by atoms with E-state index in [1.54, 1.807) is 43.4 Å². The number of anilines is 1. The summed E-state index contributed by atoms with van der Waals surface area (Å²) in [7, 11) is 1.80. The lowest BCUT2D eigenvalue weighted by atomic mass is 10.0. The lowest BCUT2D eigenvalue weighted by molar-refractivity contribution is 0.103. The summed E-state index contributed by atoms with van der Waals surface area (Å²) in [5, 5.41) is 2.96. The van der Waals surface area contributed by atoms with Gasteiger partial charge in [0.15, 0.2) is 5.78 Å². The van der Waals surface area contributed by atoms with E-state index in [1.165, 1.54) is 12.1 Å². The summed E-state index contributed by atoms with van der Waals surface area (Å²) in [6, 6.07) is 12.9. The summed E-state index contributed by atoms with van der Waals surface area (Å²) in [5.74, 6) is -0.791. The largest absolute Gasteiger partial charge is 0.388 e. The van der Waals surface area contributed by atoms with Crippen molar-refractivity contribution in [3.63, 3.8) is 0 Å². The van der Waals surface area contributed by atoms with E-state index in [9.17, 15) is 9.18 Å². The standard InChI is InChI=1S/C14H12FNO/c1-16-11-8-6-10(7-9-11)14(17)12-4-2-3-5-13(12)15/h2-9,16H,1H3. The minimum Gasteiger partial charge on any atom is -0.388 e. The van der Waals surface area contributed by atoms with Crippen LogP contribution in [0.3, 0.4) is 0 Å². The third-order valence-electron chi connectivity index (χ3n) is 2.55. The molecule has 3 heteroatoms. The number of halogens is 1. The summed E-state index contributed by atoms with van der Waals surface area (Å²) in [5.41, 5.74) is 1.49. The van der Waals surface area contributed by atoms with Crippen molar-refractivity contribution in [2.24, 2.45) is 0 Å². The normalized spacial score (nSPS) is 10.0. The van der Waals surface area contributed by atoms with Gasteiger partial charge in [0.2, 0.25) is 0 Å². The van der Waals surface area contributed by atoms with Crippen molar-refractivity contribution in [2.75, 3.05) is 12.4 Å². The third-order valence-corrected chi connectivity index (χ3v) is 2.55. The Balaban J connectivity index is 2.34. The highest BCUT2D eigenvalue weighted by Gasteiger charge is 2.12. The zero-order valence-electron chi connectivity index (χ0n) is 9.41. The maximum absolute atomic E-state index is 13.4. The van der Waals surface area contributed by atoms with Crippen LogP contribution in [0.1, 0.15) is 15.9 Å². The van der Waals surface area contributed by atoms with E-state index in [-0.39, 0.29) is 11.3 Å². The molecule has 0 unspecified atom stereocenters. The van der Waals surface area contributed by atoms with Crippen LogP contribution in [0.25, 0.3) is 0 Å². The van der Waals surface area contributed by atoms with Gasteiger partial charge in [-0.15, -0.1) is 0 Å². The molecule has 86 valence electrons. The van der Waals surface area contributed by atoms with Crippen molar-refractivity contribution in [1.29, 1.82) is 0 Å². The predicted molar refractivity (Wildman–Crippen MR) is 65.8 cm³/mol. The summed E-state index contributed by atoms with van der Waals surface area (Å²) < 4.78 is 13.4. The third kappa shape index (κ3) is 2.33. The Bertz CT molecular complexity index is 534. The highest BCUT2D eigenvalue weighted by molar-refractivity contribution is 6.09. The van der Waals surface area contributed by atoms with Crippen molar-refractivity contribution >= 4 is 11.5 Å². The Morgan fingerprint density at radius 1 is 1.06 bits per heavy atom. The van der Waals surface area contributed by atoms with E-state index >= 15 is 0 Å². The van der Waals surface area contributed by atoms with Crippen molar-refractivity contribution in [3.8, 4) is 0 Å². The van der Waals surface area contributed by atoms with Crippen LogP contribution in [0.5, 0.6) is 0 Å². The minimum atomic E-state index is -0.491. The second kappa shape index (κ2) is 4.78. The fourth-order valence-corrected chi connectivity index (χ4v) is 1.59. The zero-order chi connectivity index (χ0) is 12.3. The second-order valence-corrected chi connectivity index (χ2v) is 3.64. The van der Waals surface area contributed by atoms with Crippen molar-refractivity contribution in [1.82, 2.24) is 0 Å². The molecule has 0 aromatic heterocycles. The van der Waals surface area contributed by atoms with Crippen LogP contribution in [0.2, 0.25) is 0 Å². The van der Waals surface area contributed by atoms with Gasteiger partial charge in [0.1, 0.15) is 5.82 Å². The van der Waals surface area contributed by atoms with Gasteiger partial charge in [0, 0.05) is 18.3 Å². The molecule has 1 N–H and O–H groups in total. The van der Waals surface area contributed by atoms with E-state index in [0.717, 1.165) is 5.69 Å². The molecule has 0 amide bonds. The molecule has 2 aromatic carbocycles. The van der Waals surface area contributed by atoms with Gasteiger partial charge in [-0.05, 0) is 36.4 Å². The van der Waals surface area contributed by atoms with Crippen LogP contribution >= 0.6 is 0 Å². The molecule has 17 heavy (non-hydrogen) atoms. The number of rotatable bonds is 3. The van der Waals surface area contributed by atoms with Crippen LogP contribution < -0.4 is 5.32 Å². The fraction of sp³-hybridized carbons (Fsp3) is 0.0714. The first-order valence-electron chi connectivity index (χ1n) is 5.29. The van der Waals surface area contributed by atoms with Gasteiger partial charge >= 0.3 is 0 Å². The smallest absolute Gasteiger partial charge is 0.195 e. The highest BCUT2D eigenvalue weighted by atomic mass is 19.1. The van der Waals surface area contributed by atoms with Crippen LogP contribution in [0, 0.1) is 5.82 Å². The molecule has 0 aliphatic carbocycles. The molecule has 0 heterocycles. The fourth-order valence-electron chi connectivity index (χ4n) is 1.59. The molecule has 2 aromatic rings. The summed E-state index contributed by atoms with van der Waals surface area (Å²) in [4.78, 5) is 12.0. The predicted octanol–water partition coefficient (Wildman–Crippen LogP) is 3.10. The number of benzene rings is 2. The van der Waals surface area contributed by atoms with Gasteiger partial charge in [0.25, 0.3) is 0 Å². The van der Waals surface area contributed by atoms with Crippen LogP contribution in [-0.4, -0.2) is 12.8 Å². The average molecular weight is 229 g/mol. The van der Waals surface area contributed by atoms with Gasteiger partial charge in [0.05, 0.1) is 5.56 Å². The van der Waals surface area contributed by atoms with Gasteiger partial charge in [-0.2, -0.15) is 0 Å². The quantitative estimate of drug-likeness (QED) is 0.819. The van der Waals surface area contributed by atoms with Gasteiger partial charge in [-0.25, -0.2) is 4.39 Å². The lowest BCUT2D eigenvalue weighted by Gasteiger charge is -2.04. The Hall–Kier alpha value is -2.16. The molecule has 0 fully saturated rings. The molecule has 0 saturated carbocycles. The van der Waals surface area contributed by atoms with Gasteiger partial charge in [-0.1, -0.05) is 12.1 Å². The van der Waals surface area contributed by atoms with Crippen molar-refractivity contribution in [2.45, 2.75) is 0 Å². The molecule has 0 saturated heterocycles. The van der Waals surface area contributed by atoms with E-state index in [1.807, 2.05) is 0 Å². The van der Waals surface area contributed by atoms with Crippen molar-refractivity contribution < 1.29 is 9.18 Å². The molecule has 2 rings (SSSR count). The van der Waals surface area contributed by atoms with Crippen LogP contribution in [-0.2, 0) is 0 Å². The van der Waals surface area contributed by atoms with E-state index < -0.39 is 5.82 Å². The minimum absolute atomic E-state index is 0.102. The molecular formula is C14H12FNO. The first-order chi connectivity index (χ1) is 8.22. The molecule has 0 aliphatic heterocycles. The van der Waals surface area contributed by atoms with Crippen LogP contribution in [0.15, 0.2) is 48.5 Å². The van der Waals surface area contributed by atoms with E-state index in [0.29, 0.717) is 5.56 Å². The Morgan fingerprint density at radius 3 is 2.29 bits per heavy atom. The second-order valence-electron chi connectivity index (χ2n) is 3.64. The Labute approximate surface area is 99.1 Å². The molecule has 0 radical (unpaired) electrons. The molecule has 0 aliphatic rings.